The van der Waals surface area contributed by atoms with Gasteiger partial charge in [-0.1, -0.05) is 55.8 Å². The Bertz CT molecular complexity index is 1240. The minimum Gasteiger partial charge on any atom is -0.494 e. The number of nitrogens with one attached hydrogen (secondary N) is 1. The molecule has 1 amide bonds. The Labute approximate surface area is 208 Å². The quantitative estimate of drug-likeness (QED) is 0.262. The number of benzene rings is 3. The minimum absolute atomic E-state index is 0.0305. The SMILES string of the molecule is Cc1ccc(C(=O)NCCCc2nc3ccccc3n2CCCOc2ccc(C(C)C)cc2)cc1. The molecule has 5 nitrogen and oxygen atoms in total. The van der Waals surface area contributed by atoms with E-state index in [0.717, 1.165) is 54.0 Å². The van der Waals surface area contributed by atoms with Gasteiger partial charge in [-0.2, -0.15) is 0 Å². The summed E-state index contributed by atoms with van der Waals surface area (Å²) in [6.07, 6.45) is 2.53. The summed E-state index contributed by atoms with van der Waals surface area (Å²) in [4.78, 5) is 17.2. The van der Waals surface area contributed by atoms with Crippen molar-refractivity contribution in [3.05, 3.63) is 95.3 Å². The van der Waals surface area contributed by atoms with Crippen LogP contribution in [0.2, 0.25) is 0 Å². The van der Waals surface area contributed by atoms with E-state index in [1.54, 1.807) is 0 Å². The van der Waals surface area contributed by atoms with Gasteiger partial charge >= 0.3 is 0 Å². The van der Waals surface area contributed by atoms with Crippen LogP contribution in [0.25, 0.3) is 11.0 Å². The van der Waals surface area contributed by atoms with Crippen molar-refractivity contribution in [2.24, 2.45) is 0 Å². The zero-order chi connectivity index (χ0) is 24.6. The van der Waals surface area contributed by atoms with Crippen LogP contribution in [0.3, 0.4) is 0 Å². The van der Waals surface area contributed by atoms with Crippen LogP contribution in [0, 0.1) is 6.92 Å². The molecule has 0 spiro atoms. The molecule has 1 N–H and O–H groups in total. The van der Waals surface area contributed by atoms with Gasteiger partial charge in [0.05, 0.1) is 17.6 Å². The summed E-state index contributed by atoms with van der Waals surface area (Å²) in [7, 11) is 0. The van der Waals surface area contributed by atoms with Crippen molar-refractivity contribution in [2.75, 3.05) is 13.2 Å². The molecular formula is C30H35N3O2. The van der Waals surface area contributed by atoms with Crippen LogP contribution in [-0.4, -0.2) is 28.6 Å². The average molecular weight is 470 g/mol. The van der Waals surface area contributed by atoms with Gasteiger partial charge in [-0.25, -0.2) is 4.98 Å². The summed E-state index contributed by atoms with van der Waals surface area (Å²) in [5.74, 6) is 2.46. The summed E-state index contributed by atoms with van der Waals surface area (Å²) in [6.45, 7) is 8.52. The Morgan fingerprint density at radius 3 is 2.46 bits per heavy atom. The van der Waals surface area contributed by atoms with E-state index in [9.17, 15) is 4.79 Å². The van der Waals surface area contributed by atoms with Crippen LogP contribution in [0.5, 0.6) is 5.75 Å². The van der Waals surface area contributed by atoms with E-state index in [1.807, 2.05) is 37.3 Å². The molecule has 0 saturated heterocycles. The molecular weight excluding hydrogens is 434 g/mol. The topological polar surface area (TPSA) is 56.2 Å². The molecule has 0 radical (unpaired) electrons. The number of amides is 1. The molecule has 5 heteroatoms. The van der Waals surface area contributed by atoms with Gasteiger partial charge in [0, 0.05) is 25.1 Å². The first kappa shape index (κ1) is 24.5. The zero-order valence-electron chi connectivity index (χ0n) is 21.0. The average Bonchev–Trinajstić information content (AvgIpc) is 3.22. The first-order valence-electron chi connectivity index (χ1n) is 12.5. The van der Waals surface area contributed by atoms with Crippen LogP contribution >= 0.6 is 0 Å². The summed E-state index contributed by atoms with van der Waals surface area (Å²) >= 11 is 0. The highest BCUT2D eigenvalue weighted by atomic mass is 16.5. The maximum absolute atomic E-state index is 12.4. The normalized spacial score (nSPS) is 11.2. The number of carbonyl (C=O) groups excluding carboxylic acids is 1. The predicted molar refractivity (Wildman–Crippen MR) is 142 cm³/mol. The molecule has 0 aliphatic heterocycles. The van der Waals surface area contributed by atoms with E-state index >= 15 is 0 Å². The van der Waals surface area contributed by atoms with Crippen molar-refractivity contribution in [1.82, 2.24) is 14.9 Å². The van der Waals surface area contributed by atoms with Crippen molar-refractivity contribution in [2.45, 2.75) is 52.5 Å². The van der Waals surface area contributed by atoms with E-state index in [1.165, 1.54) is 5.56 Å². The zero-order valence-corrected chi connectivity index (χ0v) is 21.0. The van der Waals surface area contributed by atoms with Gasteiger partial charge in [0.2, 0.25) is 0 Å². The number of carbonyl (C=O) groups is 1. The first-order chi connectivity index (χ1) is 17.0. The molecule has 4 rings (SSSR count). The number of para-hydroxylation sites is 2. The summed E-state index contributed by atoms with van der Waals surface area (Å²) in [6, 6.07) is 24.3. The second-order valence-corrected chi connectivity index (χ2v) is 9.32. The number of ether oxygens (including phenoxy) is 1. The van der Waals surface area contributed by atoms with E-state index in [2.05, 4.69) is 66.2 Å². The Hall–Kier alpha value is -3.60. The lowest BCUT2D eigenvalue weighted by Crippen LogP contribution is -2.25. The lowest BCUT2D eigenvalue weighted by molar-refractivity contribution is 0.0953. The third kappa shape index (κ3) is 6.50. The molecule has 0 saturated carbocycles. The van der Waals surface area contributed by atoms with Gasteiger partial charge in [-0.15, -0.1) is 0 Å². The molecule has 3 aromatic carbocycles. The van der Waals surface area contributed by atoms with Crippen molar-refractivity contribution in [3.8, 4) is 5.75 Å². The smallest absolute Gasteiger partial charge is 0.251 e. The number of imidazole rings is 1. The van der Waals surface area contributed by atoms with E-state index < -0.39 is 0 Å². The number of aryl methyl sites for hydroxylation is 3. The highest BCUT2D eigenvalue weighted by Crippen LogP contribution is 2.20. The van der Waals surface area contributed by atoms with Crippen molar-refractivity contribution >= 4 is 16.9 Å². The molecule has 1 heterocycles. The Kier molecular flexibility index (Phi) is 8.19. The summed E-state index contributed by atoms with van der Waals surface area (Å²) in [5, 5.41) is 3.03. The number of fused-ring (bicyclic) bond motifs is 1. The molecule has 0 fully saturated rings. The van der Waals surface area contributed by atoms with Crippen molar-refractivity contribution in [3.63, 3.8) is 0 Å². The molecule has 0 aliphatic carbocycles. The Morgan fingerprint density at radius 1 is 0.971 bits per heavy atom. The summed E-state index contributed by atoms with van der Waals surface area (Å²) < 4.78 is 8.28. The minimum atomic E-state index is -0.0305. The van der Waals surface area contributed by atoms with E-state index in [-0.39, 0.29) is 5.91 Å². The standard InChI is InChI=1S/C30H35N3O2/c1-22(2)24-15-17-26(18-16-24)35-21-7-20-33-28-9-5-4-8-27(28)32-29(33)10-6-19-31-30(34)25-13-11-23(3)12-14-25/h4-5,8-9,11-18,22H,6-7,10,19-21H2,1-3H3,(H,31,34). The van der Waals surface area contributed by atoms with E-state index in [4.69, 9.17) is 9.72 Å². The van der Waals surface area contributed by atoms with Crippen molar-refractivity contribution < 1.29 is 9.53 Å². The fourth-order valence-electron chi connectivity index (χ4n) is 4.18. The maximum atomic E-state index is 12.4. The molecule has 0 aliphatic rings. The highest BCUT2D eigenvalue weighted by Gasteiger charge is 2.11. The fourth-order valence-corrected chi connectivity index (χ4v) is 4.18. The van der Waals surface area contributed by atoms with Crippen molar-refractivity contribution in [1.29, 1.82) is 0 Å². The van der Waals surface area contributed by atoms with Crippen LogP contribution in [0.1, 0.15) is 59.9 Å². The largest absolute Gasteiger partial charge is 0.494 e. The van der Waals surface area contributed by atoms with Gasteiger partial charge < -0.3 is 14.6 Å². The second kappa shape index (κ2) is 11.7. The van der Waals surface area contributed by atoms with E-state index in [0.29, 0.717) is 24.6 Å². The maximum Gasteiger partial charge on any atom is 0.251 e. The molecule has 0 atom stereocenters. The molecule has 35 heavy (non-hydrogen) atoms. The number of aromatic nitrogens is 2. The molecule has 1 aromatic heterocycles. The van der Waals surface area contributed by atoms with Gasteiger partial charge in [0.25, 0.3) is 5.91 Å². The Balaban J connectivity index is 1.31. The number of hydrogen-bond donors (Lipinski definition) is 1. The molecule has 182 valence electrons. The van der Waals surface area contributed by atoms with Crippen LogP contribution in [0.4, 0.5) is 0 Å². The lowest BCUT2D eigenvalue weighted by Gasteiger charge is -2.12. The fraction of sp³-hybridized carbons (Fsp3) is 0.333. The Morgan fingerprint density at radius 2 is 1.71 bits per heavy atom. The van der Waals surface area contributed by atoms with Gasteiger partial charge in [0.1, 0.15) is 11.6 Å². The van der Waals surface area contributed by atoms with Gasteiger partial charge in [0.15, 0.2) is 0 Å². The second-order valence-electron chi connectivity index (χ2n) is 9.32. The third-order valence-electron chi connectivity index (χ3n) is 6.25. The van der Waals surface area contributed by atoms with Crippen LogP contribution in [0.15, 0.2) is 72.8 Å². The summed E-state index contributed by atoms with van der Waals surface area (Å²) in [5.41, 5.74) is 5.32. The molecule has 0 bridgehead atoms. The van der Waals surface area contributed by atoms with Crippen LogP contribution < -0.4 is 10.1 Å². The monoisotopic (exact) mass is 469 g/mol. The highest BCUT2D eigenvalue weighted by molar-refractivity contribution is 5.94. The lowest BCUT2D eigenvalue weighted by atomic mass is 10.0. The van der Waals surface area contributed by atoms with Crippen LogP contribution in [-0.2, 0) is 13.0 Å². The number of nitrogens with zero attached hydrogens (tertiary/aromatic N) is 2. The first-order valence-corrected chi connectivity index (χ1v) is 12.5. The number of hydrogen-bond acceptors (Lipinski definition) is 3. The molecule has 0 unspecified atom stereocenters. The van der Waals surface area contributed by atoms with Gasteiger partial charge in [-0.3, -0.25) is 4.79 Å². The number of rotatable bonds is 11. The van der Waals surface area contributed by atoms with Gasteiger partial charge in [-0.05, 0) is 67.6 Å². The third-order valence-corrected chi connectivity index (χ3v) is 6.25. The predicted octanol–water partition coefficient (Wildman–Crippen LogP) is 6.30. The molecule has 4 aromatic rings.